The van der Waals surface area contributed by atoms with Gasteiger partial charge in [0.25, 0.3) is 5.91 Å². The van der Waals surface area contributed by atoms with Crippen LogP contribution in [-0.4, -0.2) is 28.9 Å². The van der Waals surface area contributed by atoms with Gasteiger partial charge in [-0.25, -0.2) is 0 Å². The minimum atomic E-state index is 0.0253. The Kier molecular flexibility index (Phi) is 5.32. The first-order valence-electron chi connectivity index (χ1n) is 7.15. The number of carbonyl (C=O) groups is 1. The van der Waals surface area contributed by atoms with Crippen LogP contribution in [0.4, 0.5) is 0 Å². The quantitative estimate of drug-likeness (QED) is 0.818. The van der Waals surface area contributed by atoms with Crippen molar-refractivity contribution in [3.63, 3.8) is 0 Å². The Hall–Kier alpha value is -2.36. The molecular weight excluding hydrogens is 264 g/mol. The summed E-state index contributed by atoms with van der Waals surface area (Å²) in [5.74, 6) is 0.809. The topological polar surface area (TPSA) is 42.4 Å². The average Bonchev–Trinajstić information content (AvgIpc) is 2.54. The van der Waals surface area contributed by atoms with Gasteiger partial charge in [-0.2, -0.15) is 0 Å². The van der Waals surface area contributed by atoms with E-state index in [9.17, 15) is 4.79 Å². The van der Waals surface area contributed by atoms with Crippen LogP contribution in [0.1, 0.15) is 29.8 Å². The number of amides is 1. The third kappa shape index (κ3) is 4.05. The highest BCUT2D eigenvalue weighted by Gasteiger charge is 2.14. The van der Waals surface area contributed by atoms with E-state index in [2.05, 4.69) is 4.98 Å². The van der Waals surface area contributed by atoms with E-state index in [1.807, 2.05) is 55.1 Å². The summed E-state index contributed by atoms with van der Waals surface area (Å²) in [5, 5.41) is 0. The molecule has 0 N–H and O–H groups in total. The zero-order chi connectivity index (χ0) is 15.1. The fourth-order valence-electron chi connectivity index (χ4n) is 2.08. The molecule has 0 aliphatic carbocycles. The maximum absolute atomic E-state index is 12.5. The molecule has 1 aromatic heterocycles. The SMILES string of the molecule is CCOc1ccc(C(=O)N(CC)Cc2ccncc2)cc1. The molecule has 0 atom stereocenters. The molecular formula is C17H20N2O2. The van der Waals surface area contributed by atoms with E-state index in [0.29, 0.717) is 25.3 Å². The van der Waals surface area contributed by atoms with Crippen molar-refractivity contribution >= 4 is 5.91 Å². The maximum Gasteiger partial charge on any atom is 0.254 e. The molecule has 0 aliphatic heterocycles. The number of aromatic nitrogens is 1. The molecule has 21 heavy (non-hydrogen) atoms. The van der Waals surface area contributed by atoms with E-state index in [-0.39, 0.29) is 5.91 Å². The monoisotopic (exact) mass is 284 g/mol. The van der Waals surface area contributed by atoms with Crippen LogP contribution >= 0.6 is 0 Å². The Bertz CT molecular complexity index is 567. The Morgan fingerprint density at radius 3 is 2.33 bits per heavy atom. The Labute approximate surface area is 125 Å². The van der Waals surface area contributed by atoms with Crippen molar-refractivity contribution in [2.24, 2.45) is 0 Å². The molecule has 4 heteroatoms. The third-order valence-corrected chi connectivity index (χ3v) is 3.20. The summed E-state index contributed by atoms with van der Waals surface area (Å²) >= 11 is 0. The summed E-state index contributed by atoms with van der Waals surface area (Å²) < 4.78 is 5.39. The number of carbonyl (C=O) groups excluding carboxylic acids is 1. The number of hydrogen-bond acceptors (Lipinski definition) is 3. The molecule has 0 radical (unpaired) electrons. The summed E-state index contributed by atoms with van der Waals surface area (Å²) in [6.45, 7) is 5.79. The predicted octanol–water partition coefficient (Wildman–Crippen LogP) is 3.14. The normalized spacial score (nSPS) is 10.2. The van der Waals surface area contributed by atoms with Crippen molar-refractivity contribution in [2.75, 3.05) is 13.2 Å². The smallest absolute Gasteiger partial charge is 0.254 e. The van der Waals surface area contributed by atoms with E-state index in [1.54, 1.807) is 12.4 Å². The highest BCUT2D eigenvalue weighted by molar-refractivity contribution is 5.94. The van der Waals surface area contributed by atoms with Gasteiger partial charge in [-0.3, -0.25) is 9.78 Å². The van der Waals surface area contributed by atoms with Gasteiger partial charge in [-0.1, -0.05) is 0 Å². The zero-order valence-electron chi connectivity index (χ0n) is 12.5. The van der Waals surface area contributed by atoms with Crippen molar-refractivity contribution in [3.05, 3.63) is 59.9 Å². The molecule has 4 nitrogen and oxygen atoms in total. The second-order valence-corrected chi connectivity index (χ2v) is 4.63. The Morgan fingerprint density at radius 1 is 1.10 bits per heavy atom. The summed E-state index contributed by atoms with van der Waals surface area (Å²) in [6, 6.07) is 11.1. The molecule has 0 saturated carbocycles. The maximum atomic E-state index is 12.5. The predicted molar refractivity (Wildman–Crippen MR) is 82.3 cm³/mol. The van der Waals surface area contributed by atoms with Crippen LogP contribution in [0.2, 0.25) is 0 Å². The number of benzene rings is 1. The summed E-state index contributed by atoms with van der Waals surface area (Å²) in [7, 11) is 0. The lowest BCUT2D eigenvalue weighted by molar-refractivity contribution is 0.0752. The minimum absolute atomic E-state index is 0.0253. The molecule has 0 aliphatic rings. The standard InChI is InChI=1S/C17H20N2O2/c1-3-19(13-14-9-11-18-12-10-14)17(20)15-5-7-16(8-6-15)21-4-2/h5-12H,3-4,13H2,1-2H3. The molecule has 1 heterocycles. The van der Waals surface area contributed by atoms with Crippen LogP contribution in [0, 0.1) is 0 Å². The van der Waals surface area contributed by atoms with Crippen LogP contribution in [0.25, 0.3) is 0 Å². The van der Waals surface area contributed by atoms with Gasteiger partial charge in [0.05, 0.1) is 6.61 Å². The molecule has 0 fully saturated rings. The van der Waals surface area contributed by atoms with E-state index in [1.165, 1.54) is 0 Å². The molecule has 0 unspecified atom stereocenters. The molecule has 1 amide bonds. The average molecular weight is 284 g/mol. The molecule has 0 spiro atoms. The van der Waals surface area contributed by atoms with Crippen LogP contribution in [0.5, 0.6) is 5.75 Å². The first-order valence-corrected chi connectivity index (χ1v) is 7.15. The lowest BCUT2D eigenvalue weighted by Gasteiger charge is -2.21. The fraction of sp³-hybridized carbons (Fsp3) is 0.294. The van der Waals surface area contributed by atoms with Crippen molar-refractivity contribution < 1.29 is 9.53 Å². The first kappa shape index (κ1) is 15.0. The van der Waals surface area contributed by atoms with Crippen LogP contribution in [0.15, 0.2) is 48.8 Å². The van der Waals surface area contributed by atoms with Crippen molar-refractivity contribution in [2.45, 2.75) is 20.4 Å². The fourth-order valence-corrected chi connectivity index (χ4v) is 2.08. The van der Waals surface area contributed by atoms with Gasteiger partial charge >= 0.3 is 0 Å². The van der Waals surface area contributed by atoms with Crippen LogP contribution in [-0.2, 0) is 6.54 Å². The van der Waals surface area contributed by atoms with E-state index in [0.717, 1.165) is 11.3 Å². The van der Waals surface area contributed by atoms with Gasteiger partial charge in [0.1, 0.15) is 5.75 Å². The minimum Gasteiger partial charge on any atom is -0.494 e. The third-order valence-electron chi connectivity index (χ3n) is 3.20. The van der Waals surface area contributed by atoms with Gasteiger partial charge < -0.3 is 9.64 Å². The first-order chi connectivity index (χ1) is 10.2. The number of rotatable bonds is 6. The molecule has 2 rings (SSSR count). The van der Waals surface area contributed by atoms with E-state index < -0.39 is 0 Å². The van der Waals surface area contributed by atoms with Crippen molar-refractivity contribution in [1.29, 1.82) is 0 Å². The van der Waals surface area contributed by atoms with Gasteiger partial charge in [0, 0.05) is 31.0 Å². The number of ether oxygens (including phenoxy) is 1. The Balaban J connectivity index is 2.08. The van der Waals surface area contributed by atoms with Gasteiger partial charge in [0.2, 0.25) is 0 Å². The zero-order valence-corrected chi connectivity index (χ0v) is 12.5. The number of hydrogen-bond donors (Lipinski definition) is 0. The summed E-state index contributed by atoms with van der Waals surface area (Å²) in [5.41, 5.74) is 1.75. The van der Waals surface area contributed by atoms with Crippen molar-refractivity contribution in [3.8, 4) is 5.75 Å². The lowest BCUT2D eigenvalue weighted by Crippen LogP contribution is -2.30. The highest BCUT2D eigenvalue weighted by Crippen LogP contribution is 2.15. The molecule has 2 aromatic rings. The van der Waals surface area contributed by atoms with E-state index in [4.69, 9.17) is 4.74 Å². The number of pyridine rings is 1. The second-order valence-electron chi connectivity index (χ2n) is 4.63. The van der Waals surface area contributed by atoms with Gasteiger partial charge in [-0.15, -0.1) is 0 Å². The molecule has 1 aromatic carbocycles. The van der Waals surface area contributed by atoms with Crippen molar-refractivity contribution in [1.82, 2.24) is 9.88 Å². The Morgan fingerprint density at radius 2 is 1.76 bits per heavy atom. The summed E-state index contributed by atoms with van der Waals surface area (Å²) in [6.07, 6.45) is 3.48. The number of nitrogens with zero attached hydrogens (tertiary/aromatic N) is 2. The van der Waals surface area contributed by atoms with E-state index >= 15 is 0 Å². The summed E-state index contributed by atoms with van der Waals surface area (Å²) in [4.78, 5) is 18.3. The lowest BCUT2D eigenvalue weighted by atomic mass is 10.1. The van der Waals surface area contributed by atoms with Crippen LogP contribution in [0.3, 0.4) is 0 Å². The highest BCUT2D eigenvalue weighted by atomic mass is 16.5. The molecule has 0 saturated heterocycles. The largest absolute Gasteiger partial charge is 0.494 e. The van der Waals surface area contributed by atoms with Gasteiger partial charge in [-0.05, 0) is 55.8 Å². The molecule has 110 valence electrons. The molecule has 0 bridgehead atoms. The van der Waals surface area contributed by atoms with Gasteiger partial charge in [0.15, 0.2) is 0 Å². The van der Waals surface area contributed by atoms with Crippen LogP contribution < -0.4 is 4.74 Å². The second kappa shape index (κ2) is 7.43.